The van der Waals surface area contributed by atoms with Crippen LogP contribution in [-0.2, 0) is 11.3 Å². The number of carbonyl (C=O) groups is 1. The monoisotopic (exact) mass is 300 g/mol. The molecule has 3 nitrogen and oxygen atoms in total. The fourth-order valence-corrected chi connectivity index (χ4v) is 2.37. The minimum Gasteiger partial charge on any atom is -0.341 e. The summed E-state index contributed by atoms with van der Waals surface area (Å²) in [5, 5.41) is 3.26. The van der Waals surface area contributed by atoms with Gasteiger partial charge in [-0.15, -0.1) is 12.4 Å². The molecule has 1 saturated heterocycles. The largest absolute Gasteiger partial charge is 0.341 e. The molecule has 1 aromatic rings. The minimum atomic E-state index is -0.206. The lowest BCUT2D eigenvalue weighted by Gasteiger charge is -2.20. The summed E-state index contributed by atoms with van der Waals surface area (Å²) < 4.78 is 13.0. The van der Waals surface area contributed by atoms with E-state index in [1.807, 2.05) is 11.0 Å². The molecule has 2 rings (SSSR count). The molecule has 20 heavy (non-hydrogen) atoms. The van der Waals surface area contributed by atoms with E-state index in [9.17, 15) is 9.18 Å². The standard InChI is InChI=1S/C15H21FN2O.ClH/c16-14-6-4-5-13(11-14)12-17-8-10-18-9-3-1-2-7-15(18)19;/h4-6,11,17H,1-3,7-10,12H2;1H. The van der Waals surface area contributed by atoms with Crippen molar-refractivity contribution in [1.29, 1.82) is 0 Å². The van der Waals surface area contributed by atoms with E-state index in [1.54, 1.807) is 6.07 Å². The van der Waals surface area contributed by atoms with Crippen LogP contribution in [-0.4, -0.2) is 30.4 Å². The lowest BCUT2D eigenvalue weighted by atomic mass is 10.2. The van der Waals surface area contributed by atoms with Gasteiger partial charge in [0.05, 0.1) is 0 Å². The molecule has 0 saturated carbocycles. The van der Waals surface area contributed by atoms with E-state index in [1.165, 1.54) is 12.1 Å². The topological polar surface area (TPSA) is 32.3 Å². The van der Waals surface area contributed by atoms with Crippen molar-refractivity contribution in [2.75, 3.05) is 19.6 Å². The van der Waals surface area contributed by atoms with Crippen molar-refractivity contribution in [3.05, 3.63) is 35.6 Å². The van der Waals surface area contributed by atoms with Gasteiger partial charge in [-0.2, -0.15) is 0 Å². The Kier molecular flexibility index (Phi) is 7.55. The number of halogens is 2. The second-order valence-corrected chi connectivity index (χ2v) is 5.00. The lowest BCUT2D eigenvalue weighted by Crippen LogP contribution is -2.36. The highest BCUT2D eigenvalue weighted by Crippen LogP contribution is 2.10. The number of amides is 1. The predicted octanol–water partition coefficient (Wildman–Crippen LogP) is 2.74. The summed E-state index contributed by atoms with van der Waals surface area (Å²) >= 11 is 0. The average molecular weight is 301 g/mol. The molecule has 0 radical (unpaired) electrons. The molecule has 1 aromatic carbocycles. The van der Waals surface area contributed by atoms with Gasteiger partial charge >= 0.3 is 0 Å². The highest BCUT2D eigenvalue weighted by atomic mass is 35.5. The van der Waals surface area contributed by atoms with Crippen LogP contribution in [0, 0.1) is 5.82 Å². The Morgan fingerprint density at radius 3 is 2.90 bits per heavy atom. The Bertz CT molecular complexity index is 428. The molecule has 1 aliphatic heterocycles. The third-order valence-corrected chi connectivity index (χ3v) is 3.45. The van der Waals surface area contributed by atoms with Crippen molar-refractivity contribution < 1.29 is 9.18 Å². The number of rotatable bonds is 5. The lowest BCUT2D eigenvalue weighted by molar-refractivity contribution is -0.130. The second-order valence-electron chi connectivity index (χ2n) is 5.00. The number of hydrogen-bond acceptors (Lipinski definition) is 2. The van der Waals surface area contributed by atoms with E-state index in [0.29, 0.717) is 13.0 Å². The van der Waals surface area contributed by atoms with Crippen LogP contribution in [0.15, 0.2) is 24.3 Å². The van der Waals surface area contributed by atoms with Gasteiger partial charge in [-0.1, -0.05) is 18.6 Å². The first-order valence-corrected chi connectivity index (χ1v) is 6.98. The van der Waals surface area contributed by atoms with Crippen LogP contribution >= 0.6 is 12.4 Å². The molecule has 112 valence electrons. The van der Waals surface area contributed by atoms with Gasteiger partial charge in [0, 0.05) is 32.6 Å². The Morgan fingerprint density at radius 2 is 2.10 bits per heavy atom. The van der Waals surface area contributed by atoms with Crippen molar-refractivity contribution in [1.82, 2.24) is 10.2 Å². The summed E-state index contributed by atoms with van der Waals surface area (Å²) in [4.78, 5) is 13.7. The molecule has 0 spiro atoms. The number of nitrogens with zero attached hydrogens (tertiary/aromatic N) is 1. The van der Waals surface area contributed by atoms with Gasteiger partial charge in [-0.3, -0.25) is 4.79 Å². The second kappa shape index (κ2) is 8.93. The third kappa shape index (κ3) is 5.47. The van der Waals surface area contributed by atoms with Crippen molar-refractivity contribution in [3.63, 3.8) is 0 Å². The first-order chi connectivity index (χ1) is 9.25. The zero-order valence-electron chi connectivity index (χ0n) is 11.6. The normalized spacial score (nSPS) is 15.7. The summed E-state index contributed by atoms with van der Waals surface area (Å²) in [5.41, 5.74) is 0.933. The SMILES string of the molecule is Cl.O=C1CCCCCN1CCNCc1cccc(F)c1. The van der Waals surface area contributed by atoms with Crippen LogP contribution in [0.1, 0.15) is 31.2 Å². The molecule has 5 heteroatoms. The van der Waals surface area contributed by atoms with E-state index in [0.717, 1.165) is 44.5 Å². The third-order valence-electron chi connectivity index (χ3n) is 3.45. The summed E-state index contributed by atoms with van der Waals surface area (Å²) in [6.07, 6.45) is 3.96. The van der Waals surface area contributed by atoms with Crippen LogP contribution in [0.25, 0.3) is 0 Å². The molecule has 0 bridgehead atoms. The van der Waals surface area contributed by atoms with Crippen molar-refractivity contribution >= 4 is 18.3 Å². The Labute approximate surface area is 125 Å². The van der Waals surface area contributed by atoms with Gasteiger partial charge in [0.2, 0.25) is 5.91 Å². The Morgan fingerprint density at radius 1 is 1.25 bits per heavy atom. The van der Waals surface area contributed by atoms with Crippen molar-refractivity contribution in [3.8, 4) is 0 Å². The number of benzene rings is 1. The maximum atomic E-state index is 13.0. The van der Waals surface area contributed by atoms with Crippen LogP contribution in [0.2, 0.25) is 0 Å². The van der Waals surface area contributed by atoms with E-state index in [-0.39, 0.29) is 24.1 Å². The van der Waals surface area contributed by atoms with Gasteiger partial charge in [0.1, 0.15) is 5.82 Å². The van der Waals surface area contributed by atoms with Crippen LogP contribution in [0.5, 0.6) is 0 Å². The van der Waals surface area contributed by atoms with E-state index in [2.05, 4.69) is 5.32 Å². The molecule has 1 fully saturated rings. The summed E-state index contributed by atoms with van der Waals surface area (Å²) in [7, 11) is 0. The van der Waals surface area contributed by atoms with Gasteiger partial charge in [0.15, 0.2) is 0 Å². The van der Waals surface area contributed by atoms with Crippen molar-refractivity contribution in [2.45, 2.75) is 32.2 Å². The molecular formula is C15H22ClFN2O. The summed E-state index contributed by atoms with van der Waals surface area (Å²) in [6.45, 7) is 3.01. The van der Waals surface area contributed by atoms with Gasteiger partial charge in [-0.25, -0.2) is 4.39 Å². The maximum Gasteiger partial charge on any atom is 0.222 e. The predicted molar refractivity (Wildman–Crippen MR) is 80.4 cm³/mol. The highest BCUT2D eigenvalue weighted by Gasteiger charge is 2.15. The molecular weight excluding hydrogens is 279 g/mol. The maximum absolute atomic E-state index is 13.0. The van der Waals surface area contributed by atoms with E-state index in [4.69, 9.17) is 0 Å². The minimum absolute atomic E-state index is 0. The number of carbonyl (C=O) groups excluding carboxylic acids is 1. The Hall–Kier alpha value is -1.13. The summed E-state index contributed by atoms with van der Waals surface area (Å²) in [5.74, 6) is 0.0621. The van der Waals surface area contributed by atoms with E-state index < -0.39 is 0 Å². The van der Waals surface area contributed by atoms with Gasteiger partial charge in [0.25, 0.3) is 0 Å². The van der Waals surface area contributed by atoms with E-state index >= 15 is 0 Å². The molecule has 0 unspecified atom stereocenters. The van der Waals surface area contributed by atoms with Gasteiger partial charge < -0.3 is 10.2 Å². The molecule has 1 amide bonds. The zero-order valence-corrected chi connectivity index (χ0v) is 12.4. The number of hydrogen-bond donors (Lipinski definition) is 1. The fourth-order valence-electron chi connectivity index (χ4n) is 2.37. The summed E-state index contributed by atoms with van der Waals surface area (Å²) in [6, 6.07) is 6.58. The first kappa shape index (κ1) is 16.9. The molecule has 1 heterocycles. The molecule has 0 aromatic heterocycles. The quantitative estimate of drug-likeness (QED) is 0.848. The fraction of sp³-hybridized carbons (Fsp3) is 0.533. The van der Waals surface area contributed by atoms with Crippen LogP contribution in [0.3, 0.4) is 0 Å². The van der Waals surface area contributed by atoms with Crippen LogP contribution < -0.4 is 5.32 Å². The molecule has 0 atom stereocenters. The Balaban J connectivity index is 0.00000200. The molecule has 1 N–H and O–H groups in total. The first-order valence-electron chi connectivity index (χ1n) is 6.98. The number of nitrogens with one attached hydrogen (secondary N) is 1. The molecule has 0 aliphatic carbocycles. The van der Waals surface area contributed by atoms with Crippen molar-refractivity contribution in [2.24, 2.45) is 0 Å². The zero-order chi connectivity index (χ0) is 13.5. The number of likely N-dealkylation sites (tertiary alicyclic amines) is 1. The van der Waals surface area contributed by atoms with Crippen LogP contribution in [0.4, 0.5) is 4.39 Å². The average Bonchev–Trinajstić information content (AvgIpc) is 2.60. The highest BCUT2D eigenvalue weighted by molar-refractivity contribution is 5.85. The van der Waals surface area contributed by atoms with Gasteiger partial charge in [-0.05, 0) is 30.5 Å². The smallest absolute Gasteiger partial charge is 0.222 e. The molecule has 1 aliphatic rings.